The van der Waals surface area contributed by atoms with Crippen LogP contribution in [0.3, 0.4) is 0 Å². The highest BCUT2D eigenvalue weighted by Crippen LogP contribution is 2.30. The van der Waals surface area contributed by atoms with E-state index in [-0.39, 0.29) is 0 Å². The molecule has 0 aliphatic heterocycles. The summed E-state index contributed by atoms with van der Waals surface area (Å²) in [6, 6.07) is 12.1. The first kappa shape index (κ1) is 17.1. The molecule has 8 heteroatoms. The van der Waals surface area contributed by atoms with Gasteiger partial charge in [-0.3, -0.25) is 4.98 Å². The van der Waals surface area contributed by atoms with Crippen molar-refractivity contribution in [3.05, 3.63) is 77.8 Å². The maximum atomic E-state index is 13.5. The first-order valence-corrected chi connectivity index (χ1v) is 8.42. The van der Waals surface area contributed by atoms with Gasteiger partial charge in [-0.1, -0.05) is 17.7 Å². The molecular weight excluding hydrogens is 369 g/mol. The fourth-order valence-electron chi connectivity index (χ4n) is 2.50. The van der Waals surface area contributed by atoms with Crippen molar-refractivity contribution >= 4 is 34.0 Å². The Morgan fingerprint density at radius 2 is 1.96 bits per heavy atom. The minimum atomic E-state index is -0.600. The van der Waals surface area contributed by atoms with Crippen LogP contribution in [-0.4, -0.2) is 19.9 Å². The van der Waals surface area contributed by atoms with E-state index >= 15 is 0 Å². The van der Waals surface area contributed by atoms with E-state index in [0.717, 1.165) is 5.69 Å². The summed E-state index contributed by atoms with van der Waals surface area (Å²) in [7, 11) is 0. The van der Waals surface area contributed by atoms with Crippen molar-refractivity contribution in [2.45, 2.75) is 6.61 Å². The molecule has 4 rings (SSSR count). The van der Waals surface area contributed by atoms with E-state index < -0.39 is 5.95 Å². The van der Waals surface area contributed by atoms with E-state index in [2.05, 4.69) is 25.3 Å². The number of halogens is 2. The number of nitrogens with zero attached hydrogens (tertiary/aromatic N) is 4. The van der Waals surface area contributed by atoms with Gasteiger partial charge in [0.25, 0.3) is 0 Å². The van der Waals surface area contributed by atoms with Crippen LogP contribution >= 0.6 is 11.6 Å². The number of nitrogens with one attached hydrogen (secondary N) is 1. The maximum Gasteiger partial charge on any atom is 0.213 e. The standard InChI is InChI=1S/C19H13ClFN5O/c20-15-7-12(4-5-17(15)27-10-13-3-1-2-6-22-13)26-19-14-8-18(21)23-9-16(14)24-11-25-19/h1-9,11H,10H2,(H,24,25,26). The van der Waals surface area contributed by atoms with Gasteiger partial charge in [0, 0.05) is 23.3 Å². The third-order valence-corrected chi connectivity index (χ3v) is 4.08. The molecule has 0 aliphatic rings. The van der Waals surface area contributed by atoms with Crippen molar-refractivity contribution in [1.29, 1.82) is 0 Å². The molecular formula is C19H13ClFN5O. The summed E-state index contributed by atoms with van der Waals surface area (Å²) in [5.74, 6) is 0.395. The third kappa shape index (κ3) is 3.93. The van der Waals surface area contributed by atoms with Crippen molar-refractivity contribution < 1.29 is 9.13 Å². The van der Waals surface area contributed by atoms with Crippen LogP contribution in [0.4, 0.5) is 15.9 Å². The zero-order valence-corrected chi connectivity index (χ0v) is 14.7. The van der Waals surface area contributed by atoms with Crippen LogP contribution in [0.5, 0.6) is 5.75 Å². The Labute approximate surface area is 159 Å². The highest BCUT2D eigenvalue weighted by molar-refractivity contribution is 6.32. The molecule has 0 radical (unpaired) electrons. The molecule has 3 heterocycles. The fourth-order valence-corrected chi connectivity index (χ4v) is 2.74. The Bertz CT molecular complexity index is 1090. The molecule has 1 aromatic carbocycles. The lowest BCUT2D eigenvalue weighted by Gasteiger charge is -2.11. The van der Waals surface area contributed by atoms with Crippen LogP contribution in [0, 0.1) is 5.95 Å². The van der Waals surface area contributed by atoms with Gasteiger partial charge < -0.3 is 10.1 Å². The molecule has 3 aromatic heterocycles. The molecule has 0 aliphatic carbocycles. The molecule has 134 valence electrons. The summed E-state index contributed by atoms with van der Waals surface area (Å²) in [5.41, 5.74) is 2.02. The SMILES string of the molecule is Fc1cc2c(Nc3ccc(OCc4ccccn4)c(Cl)c3)ncnc2cn1. The Morgan fingerprint density at radius 3 is 2.78 bits per heavy atom. The minimum absolute atomic E-state index is 0.316. The molecule has 27 heavy (non-hydrogen) atoms. The number of pyridine rings is 2. The number of hydrogen-bond acceptors (Lipinski definition) is 6. The van der Waals surface area contributed by atoms with Crippen molar-refractivity contribution in [2.75, 3.05) is 5.32 Å². The van der Waals surface area contributed by atoms with Gasteiger partial charge in [0.05, 0.1) is 22.4 Å². The van der Waals surface area contributed by atoms with Crippen LogP contribution in [0.15, 0.2) is 61.2 Å². The molecule has 0 atom stereocenters. The van der Waals surface area contributed by atoms with Gasteiger partial charge in [0.2, 0.25) is 5.95 Å². The van der Waals surface area contributed by atoms with Gasteiger partial charge >= 0.3 is 0 Å². The van der Waals surface area contributed by atoms with E-state index in [1.54, 1.807) is 24.4 Å². The van der Waals surface area contributed by atoms with Crippen molar-refractivity contribution in [1.82, 2.24) is 19.9 Å². The molecule has 0 unspecified atom stereocenters. The lowest BCUT2D eigenvalue weighted by atomic mass is 10.2. The quantitative estimate of drug-likeness (QED) is 0.512. The summed E-state index contributed by atoms with van der Waals surface area (Å²) >= 11 is 6.32. The van der Waals surface area contributed by atoms with Gasteiger partial charge in [-0.15, -0.1) is 0 Å². The molecule has 0 saturated heterocycles. The molecule has 0 amide bonds. The Balaban J connectivity index is 1.54. The van der Waals surface area contributed by atoms with Gasteiger partial charge in [-0.05, 0) is 30.3 Å². The second-order valence-electron chi connectivity index (χ2n) is 5.63. The molecule has 4 aromatic rings. The van der Waals surface area contributed by atoms with E-state index in [1.807, 2.05) is 18.2 Å². The molecule has 0 fully saturated rings. The van der Waals surface area contributed by atoms with E-state index in [9.17, 15) is 4.39 Å². The molecule has 0 spiro atoms. The first-order chi connectivity index (χ1) is 13.2. The number of ether oxygens (including phenoxy) is 1. The van der Waals surface area contributed by atoms with E-state index in [0.29, 0.717) is 39.8 Å². The van der Waals surface area contributed by atoms with Crippen LogP contribution in [-0.2, 0) is 6.61 Å². The maximum absolute atomic E-state index is 13.5. The second kappa shape index (κ2) is 7.51. The minimum Gasteiger partial charge on any atom is -0.486 e. The predicted octanol–water partition coefficient (Wildman–Crippen LogP) is 4.53. The van der Waals surface area contributed by atoms with Crippen LogP contribution in [0.1, 0.15) is 5.69 Å². The zero-order valence-electron chi connectivity index (χ0n) is 13.9. The van der Waals surface area contributed by atoms with Gasteiger partial charge in [-0.25, -0.2) is 15.0 Å². The van der Waals surface area contributed by atoms with Crippen LogP contribution < -0.4 is 10.1 Å². The van der Waals surface area contributed by atoms with Crippen molar-refractivity contribution in [2.24, 2.45) is 0 Å². The summed E-state index contributed by atoms with van der Waals surface area (Å²) in [6.07, 6.45) is 4.45. The number of rotatable bonds is 5. The lowest BCUT2D eigenvalue weighted by molar-refractivity contribution is 0.301. The smallest absolute Gasteiger partial charge is 0.213 e. The Kier molecular flexibility index (Phi) is 4.76. The average Bonchev–Trinajstić information content (AvgIpc) is 2.69. The van der Waals surface area contributed by atoms with Gasteiger partial charge in [-0.2, -0.15) is 4.39 Å². The van der Waals surface area contributed by atoms with Gasteiger partial charge in [0.15, 0.2) is 0 Å². The lowest BCUT2D eigenvalue weighted by Crippen LogP contribution is -1.99. The Hall–Kier alpha value is -3.32. The first-order valence-electron chi connectivity index (χ1n) is 8.04. The summed E-state index contributed by atoms with van der Waals surface area (Å²) in [6.45, 7) is 0.316. The normalized spacial score (nSPS) is 10.7. The summed E-state index contributed by atoms with van der Waals surface area (Å²) in [5, 5.41) is 4.08. The van der Waals surface area contributed by atoms with Crippen molar-refractivity contribution in [3.63, 3.8) is 0 Å². The zero-order chi connectivity index (χ0) is 18.6. The topological polar surface area (TPSA) is 72.8 Å². The van der Waals surface area contributed by atoms with Gasteiger partial charge in [0.1, 0.15) is 24.5 Å². The number of hydrogen-bond donors (Lipinski definition) is 1. The average molecular weight is 382 g/mol. The van der Waals surface area contributed by atoms with E-state index in [1.165, 1.54) is 18.6 Å². The number of aromatic nitrogens is 4. The van der Waals surface area contributed by atoms with E-state index in [4.69, 9.17) is 16.3 Å². The highest BCUT2D eigenvalue weighted by atomic mass is 35.5. The largest absolute Gasteiger partial charge is 0.486 e. The third-order valence-electron chi connectivity index (χ3n) is 3.78. The Morgan fingerprint density at radius 1 is 1.04 bits per heavy atom. The van der Waals surface area contributed by atoms with Crippen LogP contribution in [0.2, 0.25) is 5.02 Å². The van der Waals surface area contributed by atoms with Crippen LogP contribution in [0.25, 0.3) is 10.9 Å². The highest BCUT2D eigenvalue weighted by Gasteiger charge is 2.09. The second-order valence-corrected chi connectivity index (χ2v) is 6.03. The molecule has 0 saturated carbocycles. The number of anilines is 2. The number of fused-ring (bicyclic) bond motifs is 1. The molecule has 1 N–H and O–H groups in total. The fraction of sp³-hybridized carbons (Fsp3) is 0.0526. The monoisotopic (exact) mass is 381 g/mol. The predicted molar refractivity (Wildman–Crippen MR) is 101 cm³/mol. The molecule has 0 bridgehead atoms. The van der Waals surface area contributed by atoms with Crippen molar-refractivity contribution in [3.8, 4) is 5.75 Å². The molecule has 6 nitrogen and oxygen atoms in total. The summed E-state index contributed by atoms with van der Waals surface area (Å²) < 4.78 is 19.2. The summed E-state index contributed by atoms with van der Waals surface area (Å²) in [4.78, 5) is 16.1. The number of benzene rings is 1.